The zero-order chi connectivity index (χ0) is 17.6. The molecule has 2 atom stereocenters. The van der Waals surface area contributed by atoms with Crippen LogP contribution in [0.15, 0.2) is 41.1 Å². The second kappa shape index (κ2) is 8.30. The van der Waals surface area contributed by atoms with Crippen LogP contribution in [0.25, 0.3) is 0 Å². The van der Waals surface area contributed by atoms with Gasteiger partial charge in [-0.15, -0.1) is 0 Å². The molecule has 5 heteroatoms. The summed E-state index contributed by atoms with van der Waals surface area (Å²) in [6.07, 6.45) is 7.72. The number of aliphatic hydroxyl groups excluding tert-OH is 1. The summed E-state index contributed by atoms with van der Waals surface area (Å²) >= 11 is 0. The number of pyridine rings is 1. The average Bonchev–Trinajstić information content (AvgIpc) is 3.04. The summed E-state index contributed by atoms with van der Waals surface area (Å²) in [5.41, 5.74) is 1.88. The molecule has 134 valence electrons. The van der Waals surface area contributed by atoms with E-state index in [1.54, 1.807) is 24.6 Å². The Morgan fingerprint density at radius 3 is 2.96 bits per heavy atom. The molecule has 25 heavy (non-hydrogen) atoms. The van der Waals surface area contributed by atoms with Crippen molar-refractivity contribution in [1.29, 1.82) is 0 Å². The van der Waals surface area contributed by atoms with Gasteiger partial charge in [0, 0.05) is 30.9 Å². The lowest BCUT2D eigenvalue weighted by molar-refractivity contribution is -0.133. The topological polar surface area (TPSA) is 66.6 Å². The van der Waals surface area contributed by atoms with Gasteiger partial charge in [0.2, 0.25) is 5.91 Å². The molecule has 0 aromatic carbocycles. The SMILES string of the molecule is Cc1ccc(CC(=O)N2CCCCCC2CC(O)c2ccco2)cn1. The Morgan fingerprint density at radius 2 is 2.24 bits per heavy atom. The van der Waals surface area contributed by atoms with Gasteiger partial charge < -0.3 is 14.4 Å². The van der Waals surface area contributed by atoms with Crippen molar-refractivity contribution in [3.8, 4) is 0 Å². The normalized spacial score (nSPS) is 19.4. The van der Waals surface area contributed by atoms with E-state index in [-0.39, 0.29) is 11.9 Å². The van der Waals surface area contributed by atoms with E-state index in [1.165, 1.54) is 0 Å². The number of rotatable bonds is 5. The maximum Gasteiger partial charge on any atom is 0.227 e. The van der Waals surface area contributed by atoms with E-state index in [0.29, 0.717) is 18.6 Å². The molecule has 1 N–H and O–H groups in total. The minimum atomic E-state index is -0.672. The molecular weight excluding hydrogens is 316 g/mol. The number of likely N-dealkylation sites (tertiary alicyclic amines) is 1. The second-order valence-electron chi connectivity index (χ2n) is 6.84. The van der Waals surface area contributed by atoms with Crippen LogP contribution in [0.1, 0.15) is 55.2 Å². The summed E-state index contributed by atoms with van der Waals surface area (Å²) in [6, 6.07) is 7.51. The van der Waals surface area contributed by atoms with Crippen molar-refractivity contribution in [3.05, 3.63) is 53.7 Å². The summed E-state index contributed by atoms with van der Waals surface area (Å²) in [4.78, 5) is 19.1. The fourth-order valence-electron chi connectivity index (χ4n) is 3.48. The third-order valence-corrected chi connectivity index (χ3v) is 4.89. The van der Waals surface area contributed by atoms with E-state index in [1.807, 2.05) is 24.0 Å². The lowest BCUT2D eigenvalue weighted by Gasteiger charge is -2.31. The van der Waals surface area contributed by atoms with Crippen LogP contribution in [0.3, 0.4) is 0 Å². The zero-order valence-corrected chi connectivity index (χ0v) is 14.7. The van der Waals surface area contributed by atoms with E-state index in [9.17, 15) is 9.90 Å². The van der Waals surface area contributed by atoms with Crippen molar-refractivity contribution in [3.63, 3.8) is 0 Å². The number of aromatic nitrogens is 1. The highest BCUT2D eigenvalue weighted by molar-refractivity contribution is 5.79. The molecule has 1 saturated heterocycles. The van der Waals surface area contributed by atoms with Gasteiger partial charge in [0.05, 0.1) is 12.7 Å². The number of aryl methyl sites for hydroxylation is 1. The zero-order valence-electron chi connectivity index (χ0n) is 14.7. The van der Waals surface area contributed by atoms with E-state index in [4.69, 9.17) is 4.42 Å². The summed E-state index contributed by atoms with van der Waals surface area (Å²) < 4.78 is 5.31. The largest absolute Gasteiger partial charge is 0.467 e. The van der Waals surface area contributed by atoms with Crippen molar-refractivity contribution in [2.75, 3.05) is 6.54 Å². The van der Waals surface area contributed by atoms with Gasteiger partial charge in [0.25, 0.3) is 0 Å². The van der Waals surface area contributed by atoms with Crippen molar-refractivity contribution in [2.45, 2.75) is 57.6 Å². The molecule has 0 radical (unpaired) electrons. The first-order valence-corrected chi connectivity index (χ1v) is 9.06. The lowest BCUT2D eigenvalue weighted by Crippen LogP contribution is -2.41. The van der Waals surface area contributed by atoms with Crippen molar-refractivity contribution in [1.82, 2.24) is 9.88 Å². The van der Waals surface area contributed by atoms with Gasteiger partial charge in [-0.3, -0.25) is 9.78 Å². The van der Waals surface area contributed by atoms with Crippen LogP contribution >= 0.6 is 0 Å². The van der Waals surface area contributed by atoms with Crippen LogP contribution in [0.4, 0.5) is 0 Å². The third kappa shape index (κ3) is 4.69. The lowest BCUT2D eigenvalue weighted by atomic mass is 10.0. The Morgan fingerprint density at radius 1 is 1.36 bits per heavy atom. The summed E-state index contributed by atoms with van der Waals surface area (Å²) in [5.74, 6) is 0.684. The minimum absolute atomic E-state index is 0.0495. The summed E-state index contributed by atoms with van der Waals surface area (Å²) in [7, 11) is 0. The standard InChI is InChI=1S/C20H26N2O3/c1-15-8-9-16(14-21-15)12-20(24)22-10-4-2-3-6-17(22)13-18(23)19-7-5-11-25-19/h5,7-9,11,14,17-18,23H,2-4,6,10,12-13H2,1H3. The van der Waals surface area contributed by atoms with Crippen molar-refractivity contribution in [2.24, 2.45) is 0 Å². The van der Waals surface area contributed by atoms with Crippen LogP contribution in [0.5, 0.6) is 0 Å². The van der Waals surface area contributed by atoms with Gasteiger partial charge in [0.1, 0.15) is 11.9 Å². The molecule has 0 aliphatic carbocycles. The smallest absolute Gasteiger partial charge is 0.227 e. The fraction of sp³-hybridized carbons (Fsp3) is 0.500. The molecule has 0 spiro atoms. The molecule has 5 nitrogen and oxygen atoms in total. The second-order valence-corrected chi connectivity index (χ2v) is 6.84. The number of carbonyl (C=O) groups is 1. The molecule has 2 aromatic heterocycles. The Kier molecular flexibility index (Phi) is 5.87. The van der Waals surface area contributed by atoms with Crippen LogP contribution in [-0.2, 0) is 11.2 Å². The molecule has 2 aromatic rings. The maximum absolute atomic E-state index is 12.9. The molecule has 1 fully saturated rings. The summed E-state index contributed by atoms with van der Waals surface area (Å²) in [5, 5.41) is 10.4. The highest BCUT2D eigenvalue weighted by atomic mass is 16.4. The average molecular weight is 342 g/mol. The molecule has 2 unspecified atom stereocenters. The van der Waals surface area contributed by atoms with E-state index >= 15 is 0 Å². The monoisotopic (exact) mass is 342 g/mol. The van der Waals surface area contributed by atoms with Crippen molar-refractivity contribution < 1.29 is 14.3 Å². The van der Waals surface area contributed by atoms with Gasteiger partial charge in [-0.1, -0.05) is 18.9 Å². The molecule has 1 aliphatic rings. The fourth-order valence-corrected chi connectivity index (χ4v) is 3.48. The van der Waals surface area contributed by atoms with Gasteiger partial charge in [-0.25, -0.2) is 0 Å². The molecule has 1 amide bonds. The predicted molar refractivity (Wildman–Crippen MR) is 94.9 cm³/mol. The Labute approximate surface area is 148 Å². The number of hydrogen-bond donors (Lipinski definition) is 1. The van der Waals surface area contributed by atoms with E-state index in [2.05, 4.69) is 4.98 Å². The molecular formula is C20H26N2O3. The Balaban J connectivity index is 1.68. The van der Waals surface area contributed by atoms with Gasteiger partial charge in [0.15, 0.2) is 0 Å². The first-order chi connectivity index (χ1) is 12.1. The first-order valence-electron chi connectivity index (χ1n) is 9.06. The Hall–Kier alpha value is -2.14. The number of furan rings is 1. The highest BCUT2D eigenvalue weighted by Crippen LogP contribution is 2.27. The highest BCUT2D eigenvalue weighted by Gasteiger charge is 2.28. The summed E-state index contributed by atoms with van der Waals surface area (Å²) in [6.45, 7) is 2.69. The molecule has 0 saturated carbocycles. The van der Waals surface area contributed by atoms with Crippen LogP contribution in [0.2, 0.25) is 0 Å². The molecule has 3 heterocycles. The minimum Gasteiger partial charge on any atom is -0.467 e. The van der Waals surface area contributed by atoms with Gasteiger partial charge in [-0.2, -0.15) is 0 Å². The Bertz CT molecular complexity index is 667. The molecule has 1 aliphatic heterocycles. The predicted octanol–water partition coefficient (Wildman–Crippen LogP) is 3.42. The maximum atomic E-state index is 12.9. The van der Waals surface area contributed by atoms with E-state index in [0.717, 1.165) is 43.5 Å². The van der Waals surface area contributed by atoms with Gasteiger partial charge in [-0.05, 0) is 43.5 Å². The first kappa shape index (κ1) is 17.7. The quantitative estimate of drug-likeness (QED) is 0.904. The van der Waals surface area contributed by atoms with Crippen LogP contribution in [0, 0.1) is 6.92 Å². The molecule has 0 bridgehead atoms. The number of carbonyl (C=O) groups excluding carboxylic acids is 1. The number of amides is 1. The van der Waals surface area contributed by atoms with Crippen molar-refractivity contribution >= 4 is 5.91 Å². The third-order valence-electron chi connectivity index (χ3n) is 4.89. The number of nitrogens with zero attached hydrogens (tertiary/aromatic N) is 2. The number of hydrogen-bond acceptors (Lipinski definition) is 4. The van der Waals surface area contributed by atoms with E-state index < -0.39 is 6.10 Å². The molecule has 3 rings (SSSR count). The van der Waals surface area contributed by atoms with Crippen LogP contribution in [-0.4, -0.2) is 33.5 Å². The van der Waals surface area contributed by atoms with Gasteiger partial charge >= 0.3 is 0 Å². The number of aliphatic hydroxyl groups is 1. The van der Waals surface area contributed by atoms with Crippen LogP contribution < -0.4 is 0 Å².